The van der Waals surface area contributed by atoms with E-state index in [-0.39, 0.29) is 17.5 Å². The zero-order valence-electron chi connectivity index (χ0n) is 8.68. The van der Waals surface area contributed by atoms with Crippen molar-refractivity contribution >= 4 is 11.5 Å². The van der Waals surface area contributed by atoms with E-state index in [1.807, 2.05) is 0 Å². The maximum Gasteiger partial charge on any atom is 0.269 e. The summed E-state index contributed by atoms with van der Waals surface area (Å²) < 4.78 is 0. The van der Waals surface area contributed by atoms with E-state index in [2.05, 4.69) is 5.32 Å². The van der Waals surface area contributed by atoms with Crippen LogP contribution in [-0.4, -0.2) is 23.3 Å². The number of ketones is 1. The summed E-state index contributed by atoms with van der Waals surface area (Å²) in [6, 6.07) is 5.63. The third-order valence-electron chi connectivity index (χ3n) is 2.74. The summed E-state index contributed by atoms with van der Waals surface area (Å²) in [4.78, 5) is 21.9. The third kappa shape index (κ3) is 2.09. The summed E-state index contributed by atoms with van der Waals surface area (Å²) in [7, 11) is 0. The lowest BCUT2D eigenvalue weighted by atomic mass is 10.0. The van der Waals surface area contributed by atoms with Crippen LogP contribution in [0.15, 0.2) is 24.3 Å². The number of nitro benzene ring substituents is 1. The molecule has 0 radical (unpaired) electrons. The van der Waals surface area contributed by atoms with Gasteiger partial charge in [0.1, 0.15) is 0 Å². The normalized spacial score (nSPS) is 19.6. The summed E-state index contributed by atoms with van der Waals surface area (Å²) in [6.07, 6.45) is 1.85. The van der Waals surface area contributed by atoms with Gasteiger partial charge in [-0.1, -0.05) is 0 Å². The molecule has 1 atom stereocenters. The quantitative estimate of drug-likeness (QED) is 0.476. The molecule has 0 amide bonds. The Hall–Kier alpha value is -1.75. The predicted molar refractivity (Wildman–Crippen MR) is 58.5 cm³/mol. The van der Waals surface area contributed by atoms with Crippen molar-refractivity contribution in [1.29, 1.82) is 0 Å². The van der Waals surface area contributed by atoms with Crippen molar-refractivity contribution in [3.63, 3.8) is 0 Å². The first-order valence-corrected chi connectivity index (χ1v) is 5.20. The van der Waals surface area contributed by atoms with Crippen LogP contribution in [0.5, 0.6) is 0 Å². The minimum atomic E-state index is -0.470. The van der Waals surface area contributed by atoms with Crippen LogP contribution in [0.1, 0.15) is 23.2 Å². The van der Waals surface area contributed by atoms with E-state index in [0.29, 0.717) is 5.56 Å². The fraction of sp³-hybridized carbons (Fsp3) is 0.364. The van der Waals surface area contributed by atoms with Gasteiger partial charge in [0.15, 0.2) is 5.78 Å². The third-order valence-corrected chi connectivity index (χ3v) is 2.74. The van der Waals surface area contributed by atoms with Crippen molar-refractivity contribution in [2.24, 2.45) is 0 Å². The molecule has 1 aromatic rings. The Morgan fingerprint density at radius 1 is 1.38 bits per heavy atom. The number of carbonyl (C=O) groups excluding carboxylic acids is 1. The largest absolute Gasteiger partial charge is 0.307 e. The van der Waals surface area contributed by atoms with Gasteiger partial charge in [-0.3, -0.25) is 14.9 Å². The number of non-ortho nitro benzene ring substituents is 1. The molecule has 1 aromatic carbocycles. The Balaban J connectivity index is 2.14. The number of nitrogens with one attached hydrogen (secondary N) is 1. The number of hydrogen-bond acceptors (Lipinski definition) is 4. The highest BCUT2D eigenvalue weighted by Gasteiger charge is 2.23. The van der Waals surface area contributed by atoms with E-state index in [1.165, 1.54) is 24.3 Å². The maximum atomic E-state index is 11.9. The molecule has 1 N–H and O–H groups in total. The highest BCUT2D eigenvalue weighted by atomic mass is 16.6. The predicted octanol–water partition coefficient (Wildman–Crippen LogP) is 1.53. The molecule has 1 fully saturated rings. The van der Waals surface area contributed by atoms with Crippen LogP contribution < -0.4 is 5.32 Å². The molecule has 5 heteroatoms. The monoisotopic (exact) mass is 220 g/mol. The molecule has 0 saturated carbocycles. The van der Waals surface area contributed by atoms with Gasteiger partial charge in [-0.05, 0) is 31.5 Å². The zero-order chi connectivity index (χ0) is 11.5. The van der Waals surface area contributed by atoms with E-state index < -0.39 is 4.92 Å². The van der Waals surface area contributed by atoms with Crippen molar-refractivity contribution in [3.05, 3.63) is 39.9 Å². The highest BCUT2D eigenvalue weighted by Crippen LogP contribution is 2.16. The van der Waals surface area contributed by atoms with Crippen molar-refractivity contribution < 1.29 is 9.72 Å². The van der Waals surface area contributed by atoms with Crippen LogP contribution in [-0.2, 0) is 0 Å². The first kappa shape index (κ1) is 10.8. The van der Waals surface area contributed by atoms with Crippen LogP contribution in [0.3, 0.4) is 0 Å². The second kappa shape index (κ2) is 4.40. The summed E-state index contributed by atoms with van der Waals surface area (Å²) in [6.45, 7) is 0.864. The number of nitro groups is 1. The van der Waals surface area contributed by atoms with Gasteiger partial charge >= 0.3 is 0 Å². The smallest absolute Gasteiger partial charge is 0.269 e. The van der Waals surface area contributed by atoms with Crippen molar-refractivity contribution in [3.8, 4) is 0 Å². The van der Waals surface area contributed by atoms with Gasteiger partial charge in [0.2, 0.25) is 0 Å². The van der Waals surface area contributed by atoms with Gasteiger partial charge in [0, 0.05) is 17.7 Å². The first-order chi connectivity index (χ1) is 7.68. The zero-order valence-corrected chi connectivity index (χ0v) is 8.68. The number of nitrogens with zero attached hydrogens (tertiary/aromatic N) is 1. The molecule has 0 aromatic heterocycles. The van der Waals surface area contributed by atoms with Crippen LogP contribution in [0.2, 0.25) is 0 Å². The Labute approximate surface area is 92.6 Å². The number of rotatable bonds is 3. The van der Waals surface area contributed by atoms with Gasteiger partial charge in [0.25, 0.3) is 5.69 Å². The summed E-state index contributed by atoms with van der Waals surface area (Å²) in [5.41, 5.74) is 0.543. The first-order valence-electron chi connectivity index (χ1n) is 5.20. The van der Waals surface area contributed by atoms with Crippen LogP contribution in [0.4, 0.5) is 5.69 Å². The van der Waals surface area contributed by atoms with Crippen LogP contribution in [0, 0.1) is 10.1 Å². The average molecular weight is 220 g/mol. The molecule has 1 aliphatic rings. The molecule has 1 saturated heterocycles. The number of Topliss-reactive ketones (excluding diaryl/α,β-unsaturated/α-hetero) is 1. The Morgan fingerprint density at radius 3 is 2.56 bits per heavy atom. The minimum Gasteiger partial charge on any atom is -0.307 e. The van der Waals surface area contributed by atoms with Crippen LogP contribution in [0.25, 0.3) is 0 Å². The van der Waals surface area contributed by atoms with Gasteiger partial charge in [-0.25, -0.2) is 0 Å². The van der Waals surface area contributed by atoms with E-state index in [0.717, 1.165) is 19.4 Å². The van der Waals surface area contributed by atoms with E-state index in [4.69, 9.17) is 0 Å². The van der Waals surface area contributed by atoms with Crippen LogP contribution >= 0.6 is 0 Å². The number of carbonyl (C=O) groups is 1. The molecule has 0 aliphatic carbocycles. The summed E-state index contributed by atoms with van der Waals surface area (Å²) in [5, 5.41) is 13.6. The maximum absolute atomic E-state index is 11.9. The standard InChI is InChI=1S/C11H12N2O3/c14-11(10-2-1-7-12-10)8-3-5-9(6-4-8)13(15)16/h3-6,10,12H,1-2,7H2. The fourth-order valence-electron chi connectivity index (χ4n) is 1.86. The molecule has 0 bridgehead atoms. The fourth-order valence-corrected chi connectivity index (χ4v) is 1.86. The second-order valence-electron chi connectivity index (χ2n) is 3.82. The SMILES string of the molecule is O=C(c1ccc([N+](=O)[O-])cc1)C1CCCN1. The highest BCUT2D eigenvalue weighted by molar-refractivity contribution is 6.00. The summed E-state index contributed by atoms with van der Waals surface area (Å²) in [5.74, 6) is 0.0207. The minimum absolute atomic E-state index is 0.0101. The molecular weight excluding hydrogens is 208 g/mol. The lowest BCUT2D eigenvalue weighted by Gasteiger charge is -2.08. The molecular formula is C11H12N2O3. The molecule has 1 aliphatic heterocycles. The molecule has 1 unspecified atom stereocenters. The van der Waals surface area contributed by atoms with Crippen molar-refractivity contribution in [2.45, 2.75) is 18.9 Å². The Kier molecular flexibility index (Phi) is 2.96. The van der Waals surface area contributed by atoms with E-state index in [9.17, 15) is 14.9 Å². The second-order valence-corrected chi connectivity index (χ2v) is 3.82. The molecule has 1 heterocycles. The lowest BCUT2D eigenvalue weighted by molar-refractivity contribution is -0.384. The Morgan fingerprint density at radius 2 is 2.06 bits per heavy atom. The molecule has 84 valence electrons. The lowest BCUT2D eigenvalue weighted by Crippen LogP contribution is -2.30. The van der Waals surface area contributed by atoms with Crippen molar-refractivity contribution in [2.75, 3.05) is 6.54 Å². The van der Waals surface area contributed by atoms with Gasteiger partial charge in [-0.2, -0.15) is 0 Å². The van der Waals surface area contributed by atoms with Gasteiger partial charge in [0.05, 0.1) is 11.0 Å². The molecule has 16 heavy (non-hydrogen) atoms. The summed E-state index contributed by atoms with van der Waals surface area (Å²) >= 11 is 0. The molecule has 2 rings (SSSR count). The number of hydrogen-bond donors (Lipinski definition) is 1. The Bertz CT molecular complexity index is 408. The number of benzene rings is 1. The van der Waals surface area contributed by atoms with Gasteiger partial charge in [-0.15, -0.1) is 0 Å². The van der Waals surface area contributed by atoms with E-state index >= 15 is 0 Å². The molecule has 0 spiro atoms. The molecule has 5 nitrogen and oxygen atoms in total. The average Bonchev–Trinajstić information content (AvgIpc) is 2.81. The topological polar surface area (TPSA) is 72.2 Å². The van der Waals surface area contributed by atoms with E-state index in [1.54, 1.807) is 0 Å². The van der Waals surface area contributed by atoms with Gasteiger partial charge < -0.3 is 5.32 Å². The van der Waals surface area contributed by atoms with Crippen molar-refractivity contribution in [1.82, 2.24) is 5.32 Å².